The summed E-state index contributed by atoms with van der Waals surface area (Å²) in [7, 11) is -3.48. The minimum Gasteiger partial charge on any atom is -0.364 e. The fourth-order valence-electron chi connectivity index (χ4n) is 3.21. The van der Waals surface area contributed by atoms with E-state index in [9.17, 15) is 17.2 Å². The molecule has 2 aromatic rings. The van der Waals surface area contributed by atoms with E-state index in [1.165, 1.54) is 22.7 Å². The summed E-state index contributed by atoms with van der Waals surface area (Å²) in [6.07, 6.45) is 1.61. The molecular weight excluding hydrogens is 543 g/mol. The Morgan fingerprint density at radius 1 is 1.23 bits per heavy atom. The molecule has 1 saturated heterocycles. The van der Waals surface area contributed by atoms with Crippen LogP contribution in [0.1, 0.15) is 18.2 Å². The summed E-state index contributed by atoms with van der Waals surface area (Å²) in [5.74, 6) is -0.507. The molecule has 0 atom stereocenters. The highest BCUT2D eigenvalue weighted by Crippen LogP contribution is 2.14. The zero-order valence-corrected chi connectivity index (χ0v) is 20.3. The molecular formula is C19H26F2IN5O3S. The lowest BCUT2D eigenvalue weighted by Gasteiger charge is -2.35. The van der Waals surface area contributed by atoms with Gasteiger partial charge in [-0.3, -0.25) is 4.99 Å². The minimum atomic E-state index is -3.48. The van der Waals surface area contributed by atoms with Crippen molar-refractivity contribution in [3.63, 3.8) is 0 Å². The first-order valence-electron chi connectivity index (χ1n) is 9.73. The van der Waals surface area contributed by atoms with Crippen LogP contribution < -0.4 is 5.32 Å². The molecule has 1 N–H and O–H groups in total. The van der Waals surface area contributed by atoms with Crippen LogP contribution in [-0.2, 0) is 22.2 Å². The number of aromatic nitrogens is 1. The molecule has 0 amide bonds. The summed E-state index contributed by atoms with van der Waals surface area (Å²) in [6.45, 7) is 4.44. The van der Waals surface area contributed by atoms with Gasteiger partial charge in [0.25, 0.3) is 0 Å². The van der Waals surface area contributed by atoms with E-state index in [0.29, 0.717) is 44.4 Å². The molecule has 1 aliphatic heterocycles. The molecule has 0 bridgehead atoms. The monoisotopic (exact) mass is 569 g/mol. The first kappa shape index (κ1) is 25.5. The number of nitrogens with one attached hydrogen (secondary N) is 1. The van der Waals surface area contributed by atoms with Crippen LogP contribution in [0, 0.1) is 11.6 Å². The number of guanidine groups is 1. The van der Waals surface area contributed by atoms with E-state index in [4.69, 9.17) is 4.52 Å². The first-order valence-corrected chi connectivity index (χ1v) is 11.3. The number of hydrogen-bond acceptors (Lipinski definition) is 5. The Morgan fingerprint density at radius 2 is 1.97 bits per heavy atom. The Kier molecular flexibility index (Phi) is 9.62. The third-order valence-electron chi connectivity index (χ3n) is 4.74. The number of aliphatic imine (C=N–C) groups is 1. The van der Waals surface area contributed by atoms with E-state index >= 15 is 0 Å². The van der Waals surface area contributed by atoms with Crippen LogP contribution in [0.25, 0.3) is 0 Å². The van der Waals surface area contributed by atoms with E-state index in [1.807, 2.05) is 11.8 Å². The zero-order chi connectivity index (χ0) is 21.6. The lowest BCUT2D eigenvalue weighted by molar-refractivity contribution is 0.260. The average Bonchev–Trinajstić information content (AvgIpc) is 3.22. The molecule has 0 saturated carbocycles. The highest BCUT2D eigenvalue weighted by atomic mass is 127. The standard InChI is InChI=1S/C19H25F2N5O3S.HI/c1-2-22-19(23-7-5-15-13-16(20)3-4-18(15)21)25-8-10-26(11-9-25)30(27,28)14-17-6-12-29-24-17;/h3-4,6,12-13H,2,5,7-11,14H2,1H3,(H,22,23);1H. The maximum Gasteiger partial charge on any atom is 0.220 e. The largest absolute Gasteiger partial charge is 0.364 e. The van der Waals surface area contributed by atoms with Gasteiger partial charge in [0.05, 0.1) is 5.69 Å². The molecule has 0 unspecified atom stereocenters. The molecule has 3 rings (SSSR count). The van der Waals surface area contributed by atoms with E-state index in [1.54, 1.807) is 0 Å². The molecule has 8 nitrogen and oxygen atoms in total. The number of piperazine rings is 1. The predicted molar refractivity (Wildman–Crippen MR) is 124 cm³/mol. The Morgan fingerprint density at radius 3 is 2.61 bits per heavy atom. The van der Waals surface area contributed by atoms with Crippen LogP contribution in [0.2, 0.25) is 0 Å². The molecule has 0 aliphatic carbocycles. The van der Waals surface area contributed by atoms with Gasteiger partial charge < -0.3 is 14.7 Å². The molecule has 0 spiro atoms. The fourth-order valence-corrected chi connectivity index (χ4v) is 4.64. The minimum absolute atomic E-state index is 0. The molecule has 12 heteroatoms. The summed E-state index contributed by atoms with van der Waals surface area (Å²) >= 11 is 0. The van der Waals surface area contributed by atoms with Crippen molar-refractivity contribution in [1.29, 1.82) is 0 Å². The highest BCUT2D eigenvalue weighted by Gasteiger charge is 2.29. The number of hydrogen-bond donors (Lipinski definition) is 1. The number of rotatable bonds is 7. The second-order valence-electron chi connectivity index (χ2n) is 6.85. The fraction of sp³-hybridized carbons (Fsp3) is 0.474. The molecule has 1 aromatic carbocycles. The van der Waals surface area contributed by atoms with E-state index in [-0.39, 0.29) is 48.3 Å². The van der Waals surface area contributed by atoms with Crippen molar-refractivity contribution < 1.29 is 21.7 Å². The summed E-state index contributed by atoms with van der Waals surface area (Å²) in [5, 5.41) is 6.84. The van der Waals surface area contributed by atoms with E-state index in [2.05, 4.69) is 15.5 Å². The summed E-state index contributed by atoms with van der Waals surface area (Å²) < 4.78 is 58.3. The molecule has 172 valence electrons. The van der Waals surface area contributed by atoms with Gasteiger partial charge in [0.2, 0.25) is 10.0 Å². The van der Waals surface area contributed by atoms with Gasteiger partial charge in [-0.1, -0.05) is 5.16 Å². The maximum absolute atomic E-state index is 13.8. The lowest BCUT2D eigenvalue weighted by atomic mass is 10.1. The number of benzene rings is 1. The van der Waals surface area contributed by atoms with Crippen LogP contribution >= 0.6 is 24.0 Å². The van der Waals surface area contributed by atoms with E-state index < -0.39 is 21.7 Å². The third-order valence-corrected chi connectivity index (χ3v) is 6.55. The molecule has 1 fully saturated rings. The molecule has 1 aliphatic rings. The lowest BCUT2D eigenvalue weighted by Crippen LogP contribution is -2.54. The summed E-state index contributed by atoms with van der Waals surface area (Å²) in [5.41, 5.74) is 0.648. The second-order valence-corrected chi connectivity index (χ2v) is 8.82. The van der Waals surface area contributed by atoms with Gasteiger partial charge in [0.15, 0.2) is 5.96 Å². The molecule has 2 heterocycles. The maximum atomic E-state index is 13.8. The quantitative estimate of drug-likeness (QED) is 0.313. The van der Waals surface area contributed by atoms with Gasteiger partial charge in [0.1, 0.15) is 23.7 Å². The molecule has 0 radical (unpaired) electrons. The SMILES string of the molecule is CCNC(=NCCc1cc(F)ccc1F)N1CCN(S(=O)(=O)Cc2ccon2)CC1.I. The van der Waals surface area contributed by atoms with Crippen molar-refractivity contribution in [2.45, 2.75) is 19.1 Å². The van der Waals surface area contributed by atoms with Gasteiger partial charge in [-0.2, -0.15) is 4.31 Å². The van der Waals surface area contributed by atoms with Crippen molar-refractivity contribution in [3.05, 3.63) is 53.4 Å². The molecule has 1 aromatic heterocycles. The van der Waals surface area contributed by atoms with Gasteiger partial charge in [-0.25, -0.2) is 17.2 Å². The highest BCUT2D eigenvalue weighted by molar-refractivity contribution is 14.0. The summed E-state index contributed by atoms with van der Waals surface area (Å²) in [4.78, 5) is 6.47. The van der Waals surface area contributed by atoms with Crippen molar-refractivity contribution >= 4 is 40.0 Å². The Labute approximate surface area is 197 Å². The smallest absolute Gasteiger partial charge is 0.220 e. The van der Waals surface area contributed by atoms with Gasteiger partial charge in [0, 0.05) is 45.3 Å². The van der Waals surface area contributed by atoms with Gasteiger partial charge >= 0.3 is 0 Å². The first-order chi connectivity index (χ1) is 14.4. The average molecular weight is 569 g/mol. The Hall–Kier alpha value is -1.80. The van der Waals surface area contributed by atoms with Crippen molar-refractivity contribution in [1.82, 2.24) is 19.7 Å². The number of sulfonamides is 1. The topological polar surface area (TPSA) is 91.0 Å². The van der Waals surface area contributed by atoms with Crippen LogP contribution in [0.5, 0.6) is 0 Å². The Balaban J connectivity index is 0.00000341. The number of nitrogens with zero attached hydrogens (tertiary/aromatic N) is 4. The Bertz CT molecular complexity index is 965. The van der Waals surface area contributed by atoms with E-state index in [0.717, 1.165) is 12.1 Å². The van der Waals surface area contributed by atoms with Gasteiger partial charge in [-0.05, 0) is 37.1 Å². The predicted octanol–water partition coefficient (Wildman–Crippen LogP) is 2.23. The van der Waals surface area contributed by atoms with Gasteiger partial charge in [-0.15, -0.1) is 24.0 Å². The van der Waals surface area contributed by atoms with Crippen LogP contribution in [0.15, 0.2) is 40.0 Å². The van der Waals surface area contributed by atoms with Crippen LogP contribution in [0.4, 0.5) is 8.78 Å². The normalized spacial score (nSPS) is 15.6. The van der Waals surface area contributed by atoms with Crippen molar-refractivity contribution in [2.24, 2.45) is 4.99 Å². The zero-order valence-electron chi connectivity index (χ0n) is 17.1. The van der Waals surface area contributed by atoms with Crippen molar-refractivity contribution in [3.8, 4) is 0 Å². The second kappa shape index (κ2) is 11.7. The van der Waals surface area contributed by atoms with Crippen molar-refractivity contribution in [2.75, 3.05) is 39.3 Å². The molecule has 31 heavy (non-hydrogen) atoms. The summed E-state index contributed by atoms with van der Waals surface area (Å²) in [6, 6.07) is 4.90. The number of halogens is 3. The van der Waals surface area contributed by atoms with Crippen LogP contribution in [0.3, 0.4) is 0 Å². The van der Waals surface area contributed by atoms with Crippen LogP contribution in [-0.4, -0.2) is 68.0 Å². The third kappa shape index (κ3) is 7.10.